The number of thiazole rings is 1. The average molecular weight is 365 g/mol. The average Bonchev–Trinajstić information content (AvgIpc) is 3.16. The van der Waals surface area contributed by atoms with Crippen LogP contribution in [-0.4, -0.2) is 32.4 Å². The van der Waals surface area contributed by atoms with Crippen LogP contribution in [0.3, 0.4) is 0 Å². The van der Waals surface area contributed by atoms with Crippen LogP contribution in [0.5, 0.6) is 0 Å². The van der Waals surface area contributed by atoms with Gasteiger partial charge >= 0.3 is 0 Å². The van der Waals surface area contributed by atoms with Crippen molar-refractivity contribution in [3.8, 4) is 0 Å². The fourth-order valence-electron chi connectivity index (χ4n) is 2.65. The van der Waals surface area contributed by atoms with E-state index in [-0.39, 0.29) is 10.8 Å². The van der Waals surface area contributed by atoms with Crippen molar-refractivity contribution in [2.45, 2.75) is 31.1 Å². The van der Waals surface area contributed by atoms with Crippen LogP contribution < -0.4 is 9.62 Å². The maximum absolute atomic E-state index is 12.3. The molecule has 1 aliphatic rings. The van der Waals surface area contributed by atoms with Crippen molar-refractivity contribution < 1.29 is 13.2 Å². The van der Waals surface area contributed by atoms with Crippen LogP contribution in [0.25, 0.3) is 0 Å². The van der Waals surface area contributed by atoms with Gasteiger partial charge in [0, 0.05) is 37.0 Å². The van der Waals surface area contributed by atoms with E-state index in [4.69, 9.17) is 0 Å². The molecule has 1 aromatic carbocycles. The molecule has 24 heavy (non-hydrogen) atoms. The summed E-state index contributed by atoms with van der Waals surface area (Å²) in [6.45, 7) is 2.92. The van der Waals surface area contributed by atoms with Gasteiger partial charge in [-0.1, -0.05) is 0 Å². The Morgan fingerprint density at radius 2 is 2.04 bits per heavy atom. The zero-order valence-electron chi connectivity index (χ0n) is 13.4. The van der Waals surface area contributed by atoms with Gasteiger partial charge in [-0.15, -0.1) is 11.3 Å². The summed E-state index contributed by atoms with van der Waals surface area (Å²) in [6.07, 6.45) is 1.96. The Bertz CT molecular complexity index is 829. The number of anilines is 1. The number of benzene rings is 1. The van der Waals surface area contributed by atoms with Gasteiger partial charge in [0.2, 0.25) is 15.9 Å². The maximum Gasteiger partial charge on any atom is 0.240 e. The predicted molar refractivity (Wildman–Crippen MR) is 93.8 cm³/mol. The summed E-state index contributed by atoms with van der Waals surface area (Å²) in [6, 6.07) is 6.44. The van der Waals surface area contributed by atoms with Crippen molar-refractivity contribution in [1.29, 1.82) is 0 Å². The number of carbonyl (C=O) groups is 1. The van der Waals surface area contributed by atoms with Crippen molar-refractivity contribution >= 4 is 33.0 Å². The molecule has 0 unspecified atom stereocenters. The van der Waals surface area contributed by atoms with Gasteiger partial charge in [-0.2, -0.15) is 0 Å². The molecule has 3 rings (SSSR count). The normalized spacial score (nSPS) is 15.2. The van der Waals surface area contributed by atoms with Crippen molar-refractivity contribution in [3.05, 3.63) is 40.3 Å². The van der Waals surface area contributed by atoms with Crippen molar-refractivity contribution in [1.82, 2.24) is 9.71 Å². The van der Waals surface area contributed by atoms with Gasteiger partial charge in [-0.25, -0.2) is 18.1 Å². The number of aromatic nitrogens is 1. The summed E-state index contributed by atoms with van der Waals surface area (Å²) in [5, 5.41) is 2.91. The second-order valence-corrected chi connectivity index (χ2v) is 8.48. The van der Waals surface area contributed by atoms with Gasteiger partial charge in [0.05, 0.1) is 15.6 Å². The van der Waals surface area contributed by atoms with Gasteiger partial charge in [-0.3, -0.25) is 4.79 Å². The van der Waals surface area contributed by atoms with Crippen LogP contribution in [0.2, 0.25) is 0 Å². The molecule has 0 radical (unpaired) electrons. The molecular weight excluding hydrogens is 346 g/mol. The first-order valence-corrected chi connectivity index (χ1v) is 10.1. The monoisotopic (exact) mass is 365 g/mol. The molecule has 1 aromatic heterocycles. The molecule has 0 saturated carbocycles. The van der Waals surface area contributed by atoms with Crippen LogP contribution in [0, 0.1) is 6.92 Å². The quantitative estimate of drug-likeness (QED) is 0.850. The summed E-state index contributed by atoms with van der Waals surface area (Å²) in [5.41, 5.74) is 1.64. The molecule has 1 N–H and O–H groups in total. The van der Waals surface area contributed by atoms with Crippen molar-refractivity contribution in [2.24, 2.45) is 0 Å². The molecule has 6 nitrogen and oxygen atoms in total. The van der Waals surface area contributed by atoms with E-state index in [2.05, 4.69) is 9.71 Å². The standard InChI is InChI=1S/C16H19N3O3S2/c1-12-18-13(11-23-12)8-9-17-24(21,22)15-6-4-14(5-7-15)19-10-2-3-16(19)20/h4-7,11,17H,2-3,8-10H2,1H3. The van der Waals surface area contributed by atoms with Gasteiger partial charge in [0.1, 0.15) is 0 Å². The van der Waals surface area contributed by atoms with E-state index in [0.29, 0.717) is 25.9 Å². The van der Waals surface area contributed by atoms with Crippen LogP contribution in [0.1, 0.15) is 23.5 Å². The maximum atomic E-state index is 12.3. The SMILES string of the molecule is Cc1nc(CCNS(=O)(=O)c2ccc(N3CCCC3=O)cc2)cs1. The van der Waals surface area contributed by atoms with E-state index in [9.17, 15) is 13.2 Å². The molecule has 2 heterocycles. The topological polar surface area (TPSA) is 79.4 Å². The molecule has 8 heteroatoms. The highest BCUT2D eigenvalue weighted by atomic mass is 32.2. The molecular formula is C16H19N3O3S2. The number of hydrogen-bond donors (Lipinski definition) is 1. The molecule has 1 amide bonds. The molecule has 1 fully saturated rings. The molecule has 1 aliphatic heterocycles. The first-order valence-electron chi connectivity index (χ1n) is 7.77. The van der Waals surface area contributed by atoms with Crippen LogP contribution in [0.15, 0.2) is 34.5 Å². The number of nitrogens with one attached hydrogen (secondary N) is 1. The Morgan fingerprint density at radius 1 is 1.29 bits per heavy atom. The van der Waals surface area contributed by atoms with Crippen LogP contribution >= 0.6 is 11.3 Å². The first-order chi connectivity index (χ1) is 11.5. The third-order valence-electron chi connectivity index (χ3n) is 3.87. The smallest absolute Gasteiger partial charge is 0.240 e. The number of amides is 1. The van der Waals surface area contributed by atoms with E-state index in [1.165, 1.54) is 12.1 Å². The predicted octanol–water partition coefficient (Wildman–Crippen LogP) is 2.10. The highest BCUT2D eigenvalue weighted by Gasteiger charge is 2.22. The zero-order valence-corrected chi connectivity index (χ0v) is 15.0. The Balaban J connectivity index is 1.62. The lowest BCUT2D eigenvalue weighted by molar-refractivity contribution is -0.117. The van der Waals surface area contributed by atoms with Gasteiger partial charge in [-0.05, 0) is 37.6 Å². The summed E-state index contributed by atoms with van der Waals surface area (Å²) >= 11 is 1.55. The summed E-state index contributed by atoms with van der Waals surface area (Å²) < 4.78 is 27.2. The first kappa shape index (κ1) is 17.1. The Kier molecular flexibility index (Phi) is 4.98. The third-order valence-corrected chi connectivity index (χ3v) is 6.17. The number of sulfonamides is 1. The number of rotatable bonds is 6. The number of hydrogen-bond acceptors (Lipinski definition) is 5. The van der Waals surface area contributed by atoms with Gasteiger partial charge < -0.3 is 4.90 Å². The molecule has 0 spiro atoms. The molecule has 0 bridgehead atoms. The van der Waals surface area contributed by atoms with Crippen molar-refractivity contribution in [2.75, 3.05) is 18.0 Å². The summed E-state index contributed by atoms with van der Waals surface area (Å²) in [7, 11) is -3.56. The van der Waals surface area contributed by atoms with E-state index >= 15 is 0 Å². The number of carbonyl (C=O) groups excluding carboxylic acids is 1. The second kappa shape index (κ2) is 7.00. The summed E-state index contributed by atoms with van der Waals surface area (Å²) in [5.74, 6) is 0.0855. The highest BCUT2D eigenvalue weighted by Crippen LogP contribution is 2.22. The van der Waals surface area contributed by atoms with E-state index in [1.54, 1.807) is 28.4 Å². The lowest BCUT2D eigenvalue weighted by Gasteiger charge is -2.16. The van der Waals surface area contributed by atoms with E-state index in [0.717, 1.165) is 22.8 Å². The minimum atomic E-state index is -3.56. The highest BCUT2D eigenvalue weighted by molar-refractivity contribution is 7.89. The third kappa shape index (κ3) is 3.82. The fourth-order valence-corrected chi connectivity index (χ4v) is 4.33. The second-order valence-electron chi connectivity index (χ2n) is 5.65. The van der Waals surface area contributed by atoms with Gasteiger partial charge in [0.15, 0.2) is 0 Å². The summed E-state index contributed by atoms with van der Waals surface area (Å²) in [4.78, 5) is 17.9. The molecule has 2 aromatic rings. The largest absolute Gasteiger partial charge is 0.312 e. The Morgan fingerprint density at radius 3 is 2.62 bits per heavy atom. The molecule has 1 saturated heterocycles. The Hall–Kier alpha value is -1.77. The molecule has 0 aliphatic carbocycles. The minimum Gasteiger partial charge on any atom is -0.312 e. The number of nitrogens with zero attached hydrogens (tertiary/aromatic N) is 2. The van der Waals surface area contributed by atoms with Crippen LogP contribution in [0.4, 0.5) is 5.69 Å². The van der Waals surface area contributed by atoms with Gasteiger partial charge in [0.25, 0.3) is 0 Å². The fraction of sp³-hybridized carbons (Fsp3) is 0.375. The lowest BCUT2D eigenvalue weighted by atomic mass is 10.3. The van der Waals surface area contributed by atoms with Crippen molar-refractivity contribution in [3.63, 3.8) is 0 Å². The Labute approximate surface area is 145 Å². The minimum absolute atomic E-state index is 0.0855. The van der Waals surface area contributed by atoms with E-state index < -0.39 is 10.0 Å². The molecule has 128 valence electrons. The number of aryl methyl sites for hydroxylation is 1. The van der Waals surface area contributed by atoms with E-state index in [1.807, 2.05) is 12.3 Å². The zero-order chi connectivity index (χ0) is 17.2. The van der Waals surface area contributed by atoms with Crippen LogP contribution in [-0.2, 0) is 21.2 Å². The molecule has 0 atom stereocenters. The lowest BCUT2D eigenvalue weighted by Crippen LogP contribution is -2.26.